The first-order valence-corrected chi connectivity index (χ1v) is 6.48. The molecule has 96 valence electrons. The molecule has 1 aromatic carbocycles. The van der Waals surface area contributed by atoms with Crippen molar-refractivity contribution in [3.63, 3.8) is 0 Å². The number of rotatable bonds is 5. The van der Waals surface area contributed by atoms with E-state index in [2.05, 4.69) is 62.7 Å². The van der Waals surface area contributed by atoms with Crippen molar-refractivity contribution in [1.29, 1.82) is 0 Å². The molecular formula is C17H23N. The molecule has 0 radical (unpaired) electrons. The lowest BCUT2D eigenvalue weighted by atomic mass is 10.00. The lowest BCUT2D eigenvalue weighted by molar-refractivity contribution is 0.915. The largest absolute Gasteiger partial charge is 0.288 e. The highest BCUT2D eigenvalue weighted by Crippen LogP contribution is 2.15. The third-order valence-electron chi connectivity index (χ3n) is 3.02. The first-order chi connectivity index (χ1) is 8.58. The molecule has 1 heteroatoms. The predicted molar refractivity (Wildman–Crippen MR) is 81.4 cm³/mol. The number of aryl methyl sites for hydroxylation is 1. The van der Waals surface area contributed by atoms with E-state index in [1.54, 1.807) is 0 Å². The van der Waals surface area contributed by atoms with Crippen molar-refractivity contribution in [2.75, 3.05) is 7.05 Å². The maximum absolute atomic E-state index is 4.38. The molecule has 0 aromatic heterocycles. The third-order valence-corrected chi connectivity index (χ3v) is 3.02. The number of hydrogen-bond donors (Lipinski definition) is 0. The Morgan fingerprint density at radius 3 is 2.67 bits per heavy atom. The number of aliphatic imine (C=N–C) groups is 1. The Balaban J connectivity index is 2.99. The van der Waals surface area contributed by atoms with Gasteiger partial charge in [-0.05, 0) is 43.5 Å². The summed E-state index contributed by atoms with van der Waals surface area (Å²) in [5.41, 5.74) is 5.87. The van der Waals surface area contributed by atoms with Gasteiger partial charge in [0, 0.05) is 7.05 Å². The molecule has 0 saturated carbocycles. The minimum Gasteiger partial charge on any atom is -0.288 e. The van der Waals surface area contributed by atoms with Gasteiger partial charge in [0.05, 0.1) is 5.71 Å². The zero-order chi connectivity index (χ0) is 13.5. The van der Waals surface area contributed by atoms with Crippen LogP contribution >= 0.6 is 0 Å². The van der Waals surface area contributed by atoms with Gasteiger partial charge < -0.3 is 0 Å². The van der Waals surface area contributed by atoms with Crippen LogP contribution in [0.5, 0.6) is 0 Å². The summed E-state index contributed by atoms with van der Waals surface area (Å²) in [5, 5.41) is 0. The van der Waals surface area contributed by atoms with Gasteiger partial charge in [0.1, 0.15) is 0 Å². The highest BCUT2D eigenvalue weighted by atomic mass is 14.7. The van der Waals surface area contributed by atoms with Crippen LogP contribution < -0.4 is 0 Å². The second-order valence-corrected chi connectivity index (χ2v) is 4.66. The molecule has 0 saturated heterocycles. The molecular weight excluding hydrogens is 218 g/mol. The SMILES string of the molecule is C=C(CCC)/C(C)=C/C(=N\C)c1cccc(C)c1. The van der Waals surface area contributed by atoms with Crippen LogP contribution in [-0.2, 0) is 0 Å². The Morgan fingerprint density at radius 2 is 2.11 bits per heavy atom. The Hall–Kier alpha value is -1.63. The number of hydrogen-bond acceptors (Lipinski definition) is 1. The standard InChI is InChI=1S/C17H23N/c1-6-8-14(3)15(4)12-17(18-5)16-10-7-9-13(2)11-16/h7,9-12H,3,6,8H2,1-2,4-5H3/b15-12+,18-17+. The molecule has 0 heterocycles. The van der Waals surface area contributed by atoms with E-state index in [4.69, 9.17) is 0 Å². The smallest absolute Gasteiger partial charge is 0.0645 e. The van der Waals surface area contributed by atoms with Crippen LogP contribution in [0.3, 0.4) is 0 Å². The maximum Gasteiger partial charge on any atom is 0.0645 e. The fourth-order valence-electron chi connectivity index (χ4n) is 1.89. The summed E-state index contributed by atoms with van der Waals surface area (Å²) in [6, 6.07) is 8.43. The lowest BCUT2D eigenvalue weighted by Gasteiger charge is -2.07. The van der Waals surface area contributed by atoms with Crippen LogP contribution in [0.25, 0.3) is 0 Å². The summed E-state index contributed by atoms with van der Waals surface area (Å²) in [6.07, 6.45) is 4.31. The Morgan fingerprint density at radius 1 is 1.39 bits per heavy atom. The van der Waals surface area contributed by atoms with Crippen LogP contribution in [0.4, 0.5) is 0 Å². The van der Waals surface area contributed by atoms with Crippen LogP contribution in [0.15, 0.2) is 53.1 Å². The molecule has 0 aliphatic carbocycles. The van der Waals surface area contributed by atoms with Crippen LogP contribution in [-0.4, -0.2) is 12.8 Å². The summed E-state index contributed by atoms with van der Waals surface area (Å²) in [7, 11) is 1.84. The second-order valence-electron chi connectivity index (χ2n) is 4.66. The molecule has 1 aromatic rings. The molecule has 0 amide bonds. The molecule has 1 rings (SSSR count). The number of nitrogens with zero attached hydrogens (tertiary/aromatic N) is 1. The van der Waals surface area contributed by atoms with E-state index in [1.165, 1.54) is 22.3 Å². The third kappa shape index (κ3) is 3.99. The topological polar surface area (TPSA) is 12.4 Å². The summed E-state index contributed by atoms with van der Waals surface area (Å²) in [5.74, 6) is 0. The average Bonchev–Trinajstić information content (AvgIpc) is 2.35. The second kappa shape index (κ2) is 6.95. The molecule has 0 aliphatic rings. The van der Waals surface area contributed by atoms with Gasteiger partial charge in [0.15, 0.2) is 0 Å². The first kappa shape index (κ1) is 14.4. The van der Waals surface area contributed by atoms with Crippen molar-refractivity contribution in [1.82, 2.24) is 0 Å². The maximum atomic E-state index is 4.38. The summed E-state index contributed by atoms with van der Waals surface area (Å²) in [4.78, 5) is 4.38. The van der Waals surface area contributed by atoms with Crippen molar-refractivity contribution in [2.45, 2.75) is 33.6 Å². The Labute approximate surface area is 111 Å². The van der Waals surface area contributed by atoms with Gasteiger partial charge in [-0.2, -0.15) is 0 Å². The average molecular weight is 241 g/mol. The van der Waals surface area contributed by atoms with E-state index in [0.717, 1.165) is 18.6 Å². The Bertz CT molecular complexity index is 478. The highest BCUT2D eigenvalue weighted by molar-refractivity contribution is 6.09. The number of allylic oxidation sites excluding steroid dienone is 3. The summed E-state index contributed by atoms with van der Waals surface area (Å²) >= 11 is 0. The number of benzene rings is 1. The van der Waals surface area contributed by atoms with E-state index in [0.29, 0.717) is 0 Å². The molecule has 1 nitrogen and oxygen atoms in total. The molecule has 0 atom stereocenters. The lowest BCUT2D eigenvalue weighted by Crippen LogP contribution is -1.99. The monoisotopic (exact) mass is 241 g/mol. The van der Waals surface area contributed by atoms with Gasteiger partial charge >= 0.3 is 0 Å². The van der Waals surface area contributed by atoms with Crippen LogP contribution in [0, 0.1) is 6.92 Å². The zero-order valence-corrected chi connectivity index (χ0v) is 12.0. The Kier molecular flexibility index (Phi) is 5.57. The van der Waals surface area contributed by atoms with E-state index in [9.17, 15) is 0 Å². The molecule has 0 unspecified atom stereocenters. The normalized spacial score (nSPS) is 12.7. The van der Waals surface area contributed by atoms with Gasteiger partial charge in [-0.3, -0.25) is 4.99 Å². The van der Waals surface area contributed by atoms with E-state index in [1.807, 2.05) is 7.05 Å². The summed E-state index contributed by atoms with van der Waals surface area (Å²) in [6.45, 7) is 10.5. The van der Waals surface area contributed by atoms with E-state index < -0.39 is 0 Å². The highest BCUT2D eigenvalue weighted by Gasteiger charge is 2.02. The van der Waals surface area contributed by atoms with Gasteiger partial charge in [0.2, 0.25) is 0 Å². The van der Waals surface area contributed by atoms with Crippen molar-refractivity contribution < 1.29 is 0 Å². The van der Waals surface area contributed by atoms with Gasteiger partial charge in [-0.1, -0.05) is 49.3 Å². The fraction of sp³-hybridized carbons (Fsp3) is 0.353. The minimum atomic E-state index is 1.02. The van der Waals surface area contributed by atoms with Gasteiger partial charge in [0.25, 0.3) is 0 Å². The fourth-order valence-corrected chi connectivity index (χ4v) is 1.89. The van der Waals surface area contributed by atoms with E-state index in [-0.39, 0.29) is 0 Å². The van der Waals surface area contributed by atoms with Crippen molar-refractivity contribution in [2.24, 2.45) is 4.99 Å². The molecule has 0 bridgehead atoms. The first-order valence-electron chi connectivity index (χ1n) is 6.48. The van der Waals surface area contributed by atoms with Crippen LogP contribution in [0.1, 0.15) is 37.8 Å². The molecule has 0 fully saturated rings. The molecule has 0 spiro atoms. The minimum absolute atomic E-state index is 1.02. The molecule has 18 heavy (non-hydrogen) atoms. The van der Waals surface area contributed by atoms with Crippen molar-refractivity contribution in [3.8, 4) is 0 Å². The predicted octanol–water partition coefficient (Wildman–Crippen LogP) is 4.72. The molecule has 0 aliphatic heterocycles. The van der Waals surface area contributed by atoms with E-state index >= 15 is 0 Å². The molecule has 0 N–H and O–H groups in total. The zero-order valence-electron chi connectivity index (χ0n) is 12.0. The quantitative estimate of drug-likeness (QED) is 0.522. The van der Waals surface area contributed by atoms with Crippen molar-refractivity contribution in [3.05, 3.63) is 59.2 Å². The summed E-state index contributed by atoms with van der Waals surface area (Å²) < 4.78 is 0. The van der Waals surface area contributed by atoms with Gasteiger partial charge in [-0.25, -0.2) is 0 Å². The van der Waals surface area contributed by atoms with Crippen LogP contribution in [0.2, 0.25) is 0 Å². The van der Waals surface area contributed by atoms with Gasteiger partial charge in [-0.15, -0.1) is 0 Å². The van der Waals surface area contributed by atoms with Crippen molar-refractivity contribution >= 4 is 5.71 Å².